The molecule has 146 valence electrons. The maximum absolute atomic E-state index is 13.3. The Morgan fingerprint density at radius 3 is 2.36 bits per heavy atom. The highest BCUT2D eigenvalue weighted by molar-refractivity contribution is 6.02. The Morgan fingerprint density at radius 1 is 1.04 bits per heavy atom. The molecule has 1 aromatic carbocycles. The Bertz CT molecular complexity index is 951. The van der Waals surface area contributed by atoms with Crippen LogP contribution >= 0.6 is 0 Å². The fraction of sp³-hybridized carbons (Fsp3) is 0.476. The summed E-state index contributed by atoms with van der Waals surface area (Å²) in [6.07, 6.45) is 3.88. The van der Waals surface area contributed by atoms with Gasteiger partial charge in [0.1, 0.15) is 11.4 Å². The minimum Gasteiger partial charge on any atom is -0.497 e. The van der Waals surface area contributed by atoms with Gasteiger partial charge in [-0.1, -0.05) is 0 Å². The molecule has 1 aromatic heterocycles. The van der Waals surface area contributed by atoms with E-state index in [0.717, 1.165) is 29.5 Å². The van der Waals surface area contributed by atoms with E-state index < -0.39 is 0 Å². The van der Waals surface area contributed by atoms with E-state index in [1.807, 2.05) is 29.2 Å². The van der Waals surface area contributed by atoms with Crippen molar-refractivity contribution in [3.05, 3.63) is 30.0 Å². The van der Waals surface area contributed by atoms with Crippen molar-refractivity contribution >= 4 is 28.6 Å². The number of nitrogens with zero attached hydrogens (tertiary/aromatic N) is 2. The normalized spacial score (nSPS) is 27.1. The van der Waals surface area contributed by atoms with Crippen molar-refractivity contribution in [2.24, 2.45) is 0 Å². The molecule has 2 atom stereocenters. The summed E-state index contributed by atoms with van der Waals surface area (Å²) < 4.78 is 5.26. The van der Waals surface area contributed by atoms with Crippen LogP contribution in [-0.4, -0.2) is 57.7 Å². The number of carbonyl (C=O) groups is 3. The zero-order valence-corrected chi connectivity index (χ0v) is 15.8. The number of aromatic amines is 1. The fourth-order valence-electron chi connectivity index (χ4n) is 5.18. The number of carbonyl (C=O) groups excluding carboxylic acids is 3. The van der Waals surface area contributed by atoms with Gasteiger partial charge in [-0.15, -0.1) is 0 Å². The summed E-state index contributed by atoms with van der Waals surface area (Å²) in [5, 5.41) is 0.972. The molecule has 28 heavy (non-hydrogen) atoms. The summed E-state index contributed by atoms with van der Waals surface area (Å²) in [5.74, 6) is 0.631. The van der Waals surface area contributed by atoms with E-state index in [1.165, 1.54) is 4.90 Å². The molecule has 1 N–H and O–H groups in total. The van der Waals surface area contributed by atoms with Gasteiger partial charge in [-0.05, 0) is 43.9 Å². The predicted octanol–water partition coefficient (Wildman–Crippen LogP) is 2.46. The van der Waals surface area contributed by atoms with Crippen molar-refractivity contribution in [3.63, 3.8) is 0 Å². The average Bonchev–Trinajstić information content (AvgIpc) is 3.34. The number of methoxy groups -OCH3 is 1. The number of likely N-dealkylation sites (tertiary alicyclic amines) is 1. The Hall–Kier alpha value is -2.83. The van der Waals surface area contributed by atoms with Gasteiger partial charge in [0, 0.05) is 47.9 Å². The standard InChI is InChI=1S/C21H23N3O4/c1-28-16-5-2-12-8-18(22-17(12)11-16)21(27)23-13-3-4-14(23)10-15(9-13)24-19(25)6-7-20(24)26/h2,5,8,11,13-15,22H,3-4,6-7,9-10H2,1H3. The first kappa shape index (κ1) is 17.3. The van der Waals surface area contributed by atoms with Crippen LogP contribution in [0.4, 0.5) is 0 Å². The van der Waals surface area contributed by atoms with E-state index in [1.54, 1.807) is 7.11 Å². The SMILES string of the molecule is COc1ccc2cc(C(=O)N3C4CCC3CC(N3C(=O)CCC3=O)C4)[nH]c2c1. The van der Waals surface area contributed by atoms with Crippen LogP contribution in [0.25, 0.3) is 10.9 Å². The number of rotatable bonds is 3. The number of nitrogens with one attached hydrogen (secondary N) is 1. The molecule has 3 aliphatic heterocycles. The Balaban J connectivity index is 1.38. The van der Waals surface area contributed by atoms with E-state index in [0.29, 0.717) is 31.4 Å². The van der Waals surface area contributed by atoms with Crippen LogP contribution < -0.4 is 4.74 Å². The van der Waals surface area contributed by atoms with Crippen LogP contribution in [-0.2, 0) is 9.59 Å². The second-order valence-electron chi connectivity index (χ2n) is 8.02. The molecule has 3 amide bonds. The summed E-state index contributed by atoms with van der Waals surface area (Å²) in [6.45, 7) is 0. The van der Waals surface area contributed by atoms with E-state index in [9.17, 15) is 14.4 Å². The number of H-pyrrole nitrogens is 1. The first-order valence-electron chi connectivity index (χ1n) is 9.89. The van der Waals surface area contributed by atoms with Crippen LogP contribution in [0.3, 0.4) is 0 Å². The molecule has 3 saturated heterocycles. The maximum atomic E-state index is 13.3. The minimum atomic E-state index is -0.0592. The topological polar surface area (TPSA) is 82.7 Å². The quantitative estimate of drug-likeness (QED) is 0.828. The van der Waals surface area contributed by atoms with Crippen LogP contribution in [0.5, 0.6) is 5.75 Å². The number of piperidine rings is 1. The van der Waals surface area contributed by atoms with Crippen LogP contribution in [0, 0.1) is 0 Å². The molecule has 3 aliphatic rings. The van der Waals surface area contributed by atoms with Crippen molar-refractivity contribution < 1.29 is 19.1 Å². The van der Waals surface area contributed by atoms with Gasteiger partial charge in [-0.2, -0.15) is 0 Å². The van der Waals surface area contributed by atoms with Crippen LogP contribution in [0.2, 0.25) is 0 Å². The lowest BCUT2D eigenvalue weighted by atomic mass is 9.95. The predicted molar refractivity (Wildman–Crippen MR) is 102 cm³/mol. The molecule has 4 heterocycles. The summed E-state index contributed by atoms with van der Waals surface area (Å²) >= 11 is 0. The van der Waals surface area contributed by atoms with Gasteiger partial charge in [0.15, 0.2) is 0 Å². The van der Waals surface area contributed by atoms with Gasteiger partial charge in [0.25, 0.3) is 5.91 Å². The number of aromatic nitrogens is 1. The first-order chi connectivity index (χ1) is 13.5. The number of hydrogen-bond acceptors (Lipinski definition) is 4. The zero-order valence-electron chi connectivity index (χ0n) is 15.8. The van der Waals surface area contributed by atoms with Gasteiger partial charge < -0.3 is 14.6 Å². The van der Waals surface area contributed by atoms with Gasteiger partial charge in [0.2, 0.25) is 11.8 Å². The molecular formula is C21H23N3O4. The second-order valence-corrected chi connectivity index (χ2v) is 8.02. The first-order valence-corrected chi connectivity index (χ1v) is 9.89. The lowest BCUT2D eigenvalue weighted by Gasteiger charge is -2.41. The number of benzene rings is 1. The van der Waals surface area contributed by atoms with E-state index in [2.05, 4.69) is 4.98 Å². The Kier molecular flexibility index (Phi) is 3.92. The van der Waals surface area contributed by atoms with Crippen molar-refractivity contribution in [3.8, 4) is 5.75 Å². The highest BCUT2D eigenvalue weighted by Gasteiger charge is 2.48. The van der Waals surface area contributed by atoms with Gasteiger partial charge in [0.05, 0.1) is 7.11 Å². The largest absolute Gasteiger partial charge is 0.497 e. The number of ether oxygens (including phenoxy) is 1. The molecule has 5 rings (SSSR count). The number of hydrogen-bond donors (Lipinski definition) is 1. The molecule has 0 spiro atoms. The lowest BCUT2D eigenvalue weighted by molar-refractivity contribution is -0.142. The monoisotopic (exact) mass is 381 g/mol. The number of fused-ring (bicyclic) bond motifs is 3. The molecule has 2 bridgehead atoms. The van der Waals surface area contributed by atoms with Gasteiger partial charge in [-0.3, -0.25) is 19.3 Å². The van der Waals surface area contributed by atoms with Crippen molar-refractivity contribution in [1.82, 2.24) is 14.8 Å². The van der Waals surface area contributed by atoms with Gasteiger partial charge in [-0.25, -0.2) is 0 Å². The Morgan fingerprint density at radius 2 is 1.71 bits per heavy atom. The molecular weight excluding hydrogens is 358 g/mol. The third-order valence-corrected chi connectivity index (χ3v) is 6.46. The summed E-state index contributed by atoms with van der Waals surface area (Å²) in [7, 11) is 1.62. The molecule has 0 saturated carbocycles. The smallest absolute Gasteiger partial charge is 0.270 e. The fourth-order valence-corrected chi connectivity index (χ4v) is 5.18. The molecule has 7 heteroatoms. The summed E-state index contributed by atoms with van der Waals surface area (Å²) in [4.78, 5) is 44.2. The summed E-state index contributed by atoms with van der Waals surface area (Å²) in [6, 6.07) is 7.69. The van der Waals surface area contributed by atoms with Crippen LogP contribution in [0.15, 0.2) is 24.3 Å². The van der Waals surface area contributed by atoms with E-state index >= 15 is 0 Å². The third kappa shape index (κ3) is 2.60. The number of amides is 3. The highest BCUT2D eigenvalue weighted by atomic mass is 16.5. The average molecular weight is 381 g/mol. The third-order valence-electron chi connectivity index (χ3n) is 6.46. The summed E-state index contributed by atoms with van der Waals surface area (Å²) in [5.41, 5.74) is 1.45. The number of imide groups is 1. The van der Waals surface area contributed by atoms with Gasteiger partial charge >= 0.3 is 0 Å². The maximum Gasteiger partial charge on any atom is 0.270 e. The van der Waals surface area contributed by atoms with Crippen molar-refractivity contribution in [2.45, 2.75) is 56.7 Å². The van der Waals surface area contributed by atoms with E-state index in [4.69, 9.17) is 4.74 Å². The molecule has 2 unspecified atom stereocenters. The van der Waals surface area contributed by atoms with Crippen molar-refractivity contribution in [1.29, 1.82) is 0 Å². The molecule has 0 radical (unpaired) electrons. The Labute approximate surface area is 162 Å². The molecule has 7 nitrogen and oxygen atoms in total. The molecule has 3 fully saturated rings. The minimum absolute atomic E-state index is 0.000178. The van der Waals surface area contributed by atoms with E-state index in [-0.39, 0.29) is 35.8 Å². The highest BCUT2D eigenvalue weighted by Crippen LogP contribution is 2.40. The zero-order chi connectivity index (χ0) is 19.4. The van der Waals surface area contributed by atoms with Crippen LogP contribution in [0.1, 0.15) is 49.0 Å². The van der Waals surface area contributed by atoms with Crippen molar-refractivity contribution in [2.75, 3.05) is 7.11 Å². The lowest BCUT2D eigenvalue weighted by Crippen LogP contribution is -2.53. The second kappa shape index (κ2) is 6.36. The molecule has 2 aromatic rings. The molecule has 0 aliphatic carbocycles.